The van der Waals surface area contributed by atoms with Gasteiger partial charge in [-0.05, 0) is 24.3 Å². The first-order valence-electron chi connectivity index (χ1n) is 6.17. The highest BCUT2D eigenvalue weighted by molar-refractivity contribution is 8.13. The standard InChI is InChI=1S/C14H12N2O4S/c1-19-9-5-3-8(4-6-9)16-12-10(7-21-14(12)18)11(15-16)13(17)20-2/h3-6H,7H2,1-2H3. The van der Waals surface area contributed by atoms with E-state index in [4.69, 9.17) is 9.47 Å². The quantitative estimate of drug-likeness (QED) is 0.808. The van der Waals surface area contributed by atoms with E-state index in [1.54, 1.807) is 31.4 Å². The van der Waals surface area contributed by atoms with Crippen LogP contribution in [-0.2, 0) is 10.5 Å². The van der Waals surface area contributed by atoms with E-state index in [1.807, 2.05) is 0 Å². The summed E-state index contributed by atoms with van der Waals surface area (Å²) in [6.45, 7) is 0. The summed E-state index contributed by atoms with van der Waals surface area (Å²) in [6.07, 6.45) is 0. The molecule has 0 unspecified atom stereocenters. The van der Waals surface area contributed by atoms with Crippen molar-refractivity contribution >= 4 is 22.8 Å². The SMILES string of the molecule is COC(=O)c1nn(-c2ccc(OC)cc2)c2c1CSC2=O. The van der Waals surface area contributed by atoms with Gasteiger partial charge in [0.2, 0.25) is 5.12 Å². The summed E-state index contributed by atoms with van der Waals surface area (Å²) in [7, 11) is 2.88. The van der Waals surface area contributed by atoms with E-state index in [2.05, 4.69) is 5.10 Å². The lowest BCUT2D eigenvalue weighted by Crippen LogP contribution is -2.07. The number of fused-ring (bicyclic) bond motifs is 1. The molecule has 2 heterocycles. The van der Waals surface area contributed by atoms with Crippen LogP contribution in [0, 0.1) is 0 Å². The Morgan fingerprint density at radius 2 is 2.00 bits per heavy atom. The number of benzene rings is 1. The summed E-state index contributed by atoms with van der Waals surface area (Å²) >= 11 is 1.16. The monoisotopic (exact) mass is 304 g/mol. The molecule has 0 spiro atoms. The number of carbonyl (C=O) groups excluding carboxylic acids is 2. The molecule has 21 heavy (non-hydrogen) atoms. The predicted molar refractivity (Wildman–Crippen MR) is 77.1 cm³/mol. The molecule has 2 aromatic rings. The molecule has 1 aliphatic rings. The third-order valence-corrected chi connectivity index (χ3v) is 4.11. The van der Waals surface area contributed by atoms with Gasteiger partial charge in [-0.2, -0.15) is 5.10 Å². The third kappa shape index (κ3) is 2.19. The summed E-state index contributed by atoms with van der Waals surface area (Å²) in [5, 5.41) is 4.15. The van der Waals surface area contributed by atoms with Crippen molar-refractivity contribution in [3.05, 3.63) is 41.2 Å². The van der Waals surface area contributed by atoms with E-state index >= 15 is 0 Å². The fourth-order valence-electron chi connectivity index (χ4n) is 2.17. The van der Waals surface area contributed by atoms with Gasteiger partial charge in [0, 0.05) is 11.3 Å². The molecule has 1 aromatic carbocycles. The molecular formula is C14H12N2O4S. The molecule has 1 aliphatic heterocycles. The molecule has 0 atom stereocenters. The maximum absolute atomic E-state index is 12.0. The fraction of sp³-hybridized carbons (Fsp3) is 0.214. The fourth-order valence-corrected chi connectivity index (χ4v) is 3.07. The topological polar surface area (TPSA) is 70.4 Å². The number of carbonyl (C=O) groups is 2. The summed E-state index contributed by atoms with van der Waals surface area (Å²) < 4.78 is 11.3. The van der Waals surface area contributed by atoms with E-state index in [1.165, 1.54) is 11.8 Å². The van der Waals surface area contributed by atoms with E-state index in [-0.39, 0.29) is 10.8 Å². The molecule has 0 fully saturated rings. The van der Waals surface area contributed by atoms with Crippen LogP contribution < -0.4 is 4.74 Å². The number of rotatable bonds is 3. The van der Waals surface area contributed by atoms with Crippen LogP contribution in [0.3, 0.4) is 0 Å². The van der Waals surface area contributed by atoms with Gasteiger partial charge < -0.3 is 9.47 Å². The molecule has 0 N–H and O–H groups in total. The number of hydrogen-bond donors (Lipinski definition) is 0. The number of esters is 1. The second kappa shape index (κ2) is 5.25. The predicted octanol–water partition coefficient (Wildman–Crippen LogP) is 2.05. The lowest BCUT2D eigenvalue weighted by Gasteiger charge is -2.05. The molecule has 3 rings (SSSR count). The maximum Gasteiger partial charge on any atom is 0.358 e. The number of thioether (sulfide) groups is 1. The summed E-state index contributed by atoms with van der Waals surface area (Å²) in [6, 6.07) is 7.11. The van der Waals surface area contributed by atoms with Crippen LogP contribution in [0.25, 0.3) is 5.69 Å². The van der Waals surface area contributed by atoms with Gasteiger partial charge in [-0.3, -0.25) is 4.79 Å². The minimum Gasteiger partial charge on any atom is -0.497 e. The Balaban J connectivity index is 2.14. The van der Waals surface area contributed by atoms with Crippen LogP contribution in [0.4, 0.5) is 0 Å². The second-order valence-electron chi connectivity index (χ2n) is 4.35. The van der Waals surface area contributed by atoms with Gasteiger partial charge in [0.1, 0.15) is 11.4 Å². The van der Waals surface area contributed by atoms with Crippen LogP contribution in [0.5, 0.6) is 5.75 Å². The van der Waals surface area contributed by atoms with Gasteiger partial charge in [-0.15, -0.1) is 0 Å². The normalized spacial score (nSPS) is 13.1. The van der Waals surface area contributed by atoms with Crippen LogP contribution >= 0.6 is 11.8 Å². The largest absolute Gasteiger partial charge is 0.497 e. The van der Waals surface area contributed by atoms with Gasteiger partial charge in [0.05, 0.1) is 19.9 Å². The van der Waals surface area contributed by atoms with Crippen LogP contribution in [0.2, 0.25) is 0 Å². The molecule has 0 saturated carbocycles. The molecule has 0 amide bonds. The highest BCUT2D eigenvalue weighted by atomic mass is 32.2. The van der Waals surface area contributed by atoms with Gasteiger partial charge in [0.25, 0.3) is 0 Å². The van der Waals surface area contributed by atoms with E-state index in [0.717, 1.165) is 11.8 Å². The molecule has 0 bridgehead atoms. The van der Waals surface area contributed by atoms with E-state index in [9.17, 15) is 9.59 Å². The van der Waals surface area contributed by atoms with E-state index < -0.39 is 5.97 Å². The number of nitrogens with zero attached hydrogens (tertiary/aromatic N) is 2. The first-order chi connectivity index (χ1) is 10.2. The van der Waals surface area contributed by atoms with Gasteiger partial charge in [0.15, 0.2) is 5.69 Å². The van der Waals surface area contributed by atoms with Crippen molar-refractivity contribution in [3.8, 4) is 11.4 Å². The summed E-state index contributed by atoms with van der Waals surface area (Å²) in [5.41, 5.74) is 1.96. The lowest BCUT2D eigenvalue weighted by atomic mass is 10.2. The summed E-state index contributed by atoms with van der Waals surface area (Å²) in [4.78, 5) is 23.8. The number of ether oxygens (including phenoxy) is 2. The van der Waals surface area contributed by atoms with Crippen molar-refractivity contribution in [1.29, 1.82) is 0 Å². The molecular weight excluding hydrogens is 292 g/mol. The zero-order valence-electron chi connectivity index (χ0n) is 11.5. The smallest absolute Gasteiger partial charge is 0.358 e. The van der Waals surface area contributed by atoms with Crippen molar-refractivity contribution in [3.63, 3.8) is 0 Å². The van der Waals surface area contributed by atoms with Crippen LogP contribution in [0.1, 0.15) is 26.5 Å². The van der Waals surface area contributed by atoms with Crippen LogP contribution in [0.15, 0.2) is 24.3 Å². The Labute approximate surface area is 125 Å². The average molecular weight is 304 g/mol. The molecule has 108 valence electrons. The van der Waals surface area contributed by atoms with Crippen molar-refractivity contribution in [2.45, 2.75) is 5.75 Å². The Morgan fingerprint density at radius 1 is 1.29 bits per heavy atom. The van der Waals surface area contributed by atoms with Crippen molar-refractivity contribution in [2.75, 3.05) is 14.2 Å². The van der Waals surface area contributed by atoms with Gasteiger partial charge >= 0.3 is 5.97 Å². The second-order valence-corrected chi connectivity index (χ2v) is 5.30. The Bertz CT molecular complexity index is 721. The minimum atomic E-state index is -0.534. The highest BCUT2D eigenvalue weighted by Crippen LogP contribution is 2.34. The highest BCUT2D eigenvalue weighted by Gasteiger charge is 2.33. The first-order valence-corrected chi connectivity index (χ1v) is 7.16. The first kappa shape index (κ1) is 13.7. The zero-order valence-corrected chi connectivity index (χ0v) is 12.3. The number of hydrogen-bond acceptors (Lipinski definition) is 6. The van der Waals surface area contributed by atoms with Crippen molar-refractivity contribution in [1.82, 2.24) is 9.78 Å². The third-order valence-electron chi connectivity index (χ3n) is 3.22. The molecule has 0 aliphatic carbocycles. The number of aromatic nitrogens is 2. The van der Waals surface area contributed by atoms with Crippen LogP contribution in [-0.4, -0.2) is 35.1 Å². The number of methoxy groups -OCH3 is 2. The average Bonchev–Trinajstić information content (AvgIpc) is 3.08. The molecule has 7 heteroatoms. The van der Waals surface area contributed by atoms with Crippen molar-refractivity contribution < 1.29 is 19.1 Å². The van der Waals surface area contributed by atoms with Crippen molar-refractivity contribution in [2.24, 2.45) is 0 Å². The van der Waals surface area contributed by atoms with Gasteiger partial charge in [-0.1, -0.05) is 11.8 Å². The maximum atomic E-state index is 12.0. The Hall–Kier alpha value is -2.28. The lowest BCUT2D eigenvalue weighted by molar-refractivity contribution is 0.0592. The van der Waals surface area contributed by atoms with Gasteiger partial charge in [-0.25, -0.2) is 9.48 Å². The summed E-state index contributed by atoms with van der Waals surface area (Å²) in [5.74, 6) is 0.611. The molecule has 0 radical (unpaired) electrons. The molecule has 0 saturated heterocycles. The Kier molecular flexibility index (Phi) is 3.42. The van der Waals surface area contributed by atoms with E-state index in [0.29, 0.717) is 28.4 Å². The minimum absolute atomic E-state index is 0.0940. The molecule has 6 nitrogen and oxygen atoms in total. The zero-order chi connectivity index (χ0) is 15.0. The Morgan fingerprint density at radius 3 is 2.62 bits per heavy atom. The molecule has 1 aromatic heterocycles.